The van der Waals surface area contributed by atoms with E-state index in [9.17, 15) is 4.79 Å². The van der Waals surface area contributed by atoms with Gasteiger partial charge < -0.3 is 11.1 Å². The topological polar surface area (TPSA) is 58.4 Å². The van der Waals surface area contributed by atoms with Crippen molar-refractivity contribution in [3.63, 3.8) is 0 Å². The zero-order valence-corrected chi connectivity index (χ0v) is 13.1. The highest BCUT2D eigenvalue weighted by molar-refractivity contribution is 7.14. The quantitative estimate of drug-likeness (QED) is 0.828. The second-order valence-corrected chi connectivity index (χ2v) is 6.87. The molecule has 1 unspecified atom stereocenters. The highest BCUT2D eigenvalue weighted by Gasteiger charge is 2.34. The number of likely N-dealkylation sites (tertiary alicyclic amines) is 1. The van der Waals surface area contributed by atoms with E-state index in [-0.39, 0.29) is 5.91 Å². The predicted octanol–water partition coefficient (Wildman–Crippen LogP) is 1.33. The lowest BCUT2D eigenvalue weighted by Gasteiger charge is -2.15. The summed E-state index contributed by atoms with van der Waals surface area (Å²) < 4.78 is 0. The largest absolute Gasteiger partial charge is 0.347 e. The molecule has 21 heavy (non-hydrogen) atoms. The van der Waals surface area contributed by atoms with Gasteiger partial charge >= 0.3 is 0 Å². The van der Waals surface area contributed by atoms with Crippen LogP contribution in [0.15, 0.2) is 6.07 Å². The van der Waals surface area contributed by atoms with Gasteiger partial charge in [-0.05, 0) is 37.8 Å². The fraction of sp³-hybridized carbons (Fsp3) is 0.562. The van der Waals surface area contributed by atoms with Gasteiger partial charge in [0.25, 0.3) is 5.91 Å². The van der Waals surface area contributed by atoms with Crippen LogP contribution in [0.4, 0.5) is 0 Å². The molecule has 4 nitrogen and oxygen atoms in total. The van der Waals surface area contributed by atoms with Gasteiger partial charge in [0.2, 0.25) is 0 Å². The fourth-order valence-corrected chi connectivity index (χ4v) is 3.73. The van der Waals surface area contributed by atoms with E-state index in [2.05, 4.69) is 22.1 Å². The van der Waals surface area contributed by atoms with Crippen LogP contribution in [-0.2, 0) is 0 Å². The van der Waals surface area contributed by atoms with E-state index in [4.69, 9.17) is 5.73 Å². The van der Waals surface area contributed by atoms with Gasteiger partial charge in [-0.1, -0.05) is 11.8 Å². The summed E-state index contributed by atoms with van der Waals surface area (Å²) in [6.07, 6.45) is 3.72. The molecular formula is C16H21N3OS. The maximum Gasteiger partial charge on any atom is 0.261 e. The minimum Gasteiger partial charge on any atom is -0.347 e. The van der Waals surface area contributed by atoms with Crippen molar-refractivity contribution in [1.82, 2.24) is 10.2 Å². The van der Waals surface area contributed by atoms with Crippen molar-refractivity contribution in [2.24, 2.45) is 5.73 Å². The van der Waals surface area contributed by atoms with Crippen LogP contribution in [-0.4, -0.2) is 42.5 Å². The van der Waals surface area contributed by atoms with Crippen LogP contribution >= 0.6 is 11.3 Å². The summed E-state index contributed by atoms with van der Waals surface area (Å²) in [6, 6.07) is 3.00. The summed E-state index contributed by atoms with van der Waals surface area (Å²) in [5.74, 6) is 5.91. The van der Waals surface area contributed by atoms with Crippen molar-refractivity contribution in [1.29, 1.82) is 0 Å². The van der Waals surface area contributed by atoms with E-state index in [1.165, 1.54) is 24.2 Å². The molecule has 0 bridgehead atoms. The highest BCUT2D eigenvalue weighted by Crippen LogP contribution is 2.30. The Kier molecular flexibility index (Phi) is 4.29. The number of hydrogen-bond donors (Lipinski definition) is 2. The van der Waals surface area contributed by atoms with E-state index < -0.39 is 0 Å². The van der Waals surface area contributed by atoms with Crippen molar-refractivity contribution in [2.45, 2.75) is 38.3 Å². The van der Waals surface area contributed by atoms with Gasteiger partial charge in [0, 0.05) is 25.2 Å². The zero-order valence-electron chi connectivity index (χ0n) is 12.3. The summed E-state index contributed by atoms with van der Waals surface area (Å²) in [5, 5.41) is 3.16. The predicted molar refractivity (Wildman–Crippen MR) is 85.5 cm³/mol. The maximum atomic E-state index is 12.3. The first kappa shape index (κ1) is 14.6. The van der Waals surface area contributed by atoms with Crippen molar-refractivity contribution in [3.8, 4) is 11.8 Å². The summed E-state index contributed by atoms with van der Waals surface area (Å²) in [7, 11) is 0. The van der Waals surface area contributed by atoms with E-state index in [1.807, 2.05) is 13.0 Å². The van der Waals surface area contributed by atoms with E-state index in [0.717, 1.165) is 40.9 Å². The number of amides is 1. The summed E-state index contributed by atoms with van der Waals surface area (Å²) in [5.41, 5.74) is 6.44. The number of thiophene rings is 1. The Balaban J connectivity index is 1.60. The van der Waals surface area contributed by atoms with Crippen LogP contribution in [0.3, 0.4) is 0 Å². The minimum absolute atomic E-state index is 0.0338. The Morgan fingerprint density at radius 3 is 3.05 bits per heavy atom. The molecule has 1 amide bonds. The molecule has 1 aromatic rings. The van der Waals surface area contributed by atoms with Gasteiger partial charge in [-0.25, -0.2) is 0 Å². The number of nitrogens with two attached hydrogens (primary N) is 1. The van der Waals surface area contributed by atoms with Gasteiger partial charge in [-0.2, -0.15) is 0 Å². The molecule has 2 aliphatic rings. The summed E-state index contributed by atoms with van der Waals surface area (Å²) in [6.45, 7) is 4.45. The number of nitrogens with one attached hydrogen (secondary N) is 1. The van der Waals surface area contributed by atoms with Gasteiger partial charge in [-0.15, -0.1) is 11.3 Å². The van der Waals surface area contributed by atoms with Gasteiger partial charge in [0.05, 0.1) is 16.3 Å². The Morgan fingerprint density at radius 1 is 1.52 bits per heavy atom. The van der Waals surface area contributed by atoms with Gasteiger partial charge in [0.1, 0.15) is 0 Å². The maximum absolute atomic E-state index is 12.3. The van der Waals surface area contributed by atoms with Crippen LogP contribution in [0.5, 0.6) is 0 Å². The van der Waals surface area contributed by atoms with Crippen LogP contribution < -0.4 is 11.1 Å². The average molecular weight is 303 g/mol. The third kappa shape index (κ3) is 3.46. The Bertz CT molecular complexity index is 594. The van der Waals surface area contributed by atoms with Crippen LogP contribution in [0.25, 0.3) is 0 Å². The molecule has 3 N–H and O–H groups in total. The molecule has 1 saturated carbocycles. The lowest BCUT2D eigenvalue weighted by Crippen LogP contribution is -2.37. The third-order valence-electron chi connectivity index (χ3n) is 4.06. The first-order chi connectivity index (χ1) is 10.2. The number of nitrogens with zero attached hydrogens (tertiary/aromatic N) is 1. The lowest BCUT2D eigenvalue weighted by atomic mass is 10.2. The third-order valence-corrected chi connectivity index (χ3v) is 5.22. The highest BCUT2D eigenvalue weighted by atomic mass is 32.1. The number of carbonyl (C=O) groups is 1. The lowest BCUT2D eigenvalue weighted by molar-refractivity contribution is 0.0941. The first-order valence-electron chi connectivity index (χ1n) is 7.51. The zero-order chi connectivity index (χ0) is 14.8. The smallest absolute Gasteiger partial charge is 0.261 e. The minimum atomic E-state index is 0.0338. The van der Waals surface area contributed by atoms with E-state index in [1.54, 1.807) is 0 Å². The molecule has 2 heterocycles. The monoisotopic (exact) mass is 303 g/mol. The molecule has 0 spiro atoms. The molecule has 112 valence electrons. The molecule has 3 rings (SSSR count). The first-order valence-corrected chi connectivity index (χ1v) is 8.33. The molecule has 1 atom stereocenters. The second-order valence-electron chi connectivity index (χ2n) is 5.81. The Hall–Kier alpha value is -1.35. The number of hydrogen-bond acceptors (Lipinski definition) is 4. The van der Waals surface area contributed by atoms with Crippen molar-refractivity contribution in [3.05, 3.63) is 21.4 Å². The van der Waals surface area contributed by atoms with Crippen molar-refractivity contribution in [2.75, 3.05) is 19.6 Å². The SMILES string of the molecule is Cc1cc(C(=O)NC2CCN(C3CC3)C2)sc1C#CCN. The number of rotatable bonds is 3. The summed E-state index contributed by atoms with van der Waals surface area (Å²) >= 11 is 1.46. The molecule has 0 radical (unpaired) electrons. The fourth-order valence-electron chi connectivity index (χ4n) is 2.78. The average Bonchev–Trinajstić information content (AvgIpc) is 3.11. The van der Waals surface area contributed by atoms with Crippen molar-refractivity contribution >= 4 is 17.2 Å². The molecule has 1 aromatic heterocycles. The Labute approximate surface area is 129 Å². The summed E-state index contributed by atoms with van der Waals surface area (Å²) in [4.78, 5) is 16.5. The molecule has 1 aliphatic heterocycles. The number of aryl methyl sites for hydroxylation is 1. The standard InChI is InChI=1S/C16H21N3OS/c1-11-9-15(21-14(11)3-2-7-17)16(20)18-12-6-8-19(10-12)13-4-5-13/h9,12-13H,4-8,10,17H2,1H3,(H,18,20). The van der Waals surface area contributed by atoms with E-state index in [0.29, 0.717) is 12.6 Å². The van der Waals surface area contributed by atoms with Gasteiger partial charge in [-0.3, -0.25) is 9.69 Å². The Morgan fingerprint density at radius 2 is 2.33 bits per heavy atom. The van der Waals surface area contributed by atoms with E-state index >= 15 is 0 Å². The molecule has 1 saturated heterocycles. The molecule has 0 aromatic carbocycles. The van der Waals surface area contributed by atoms with Gasteiger partial charge in [0.15, 0.2) is 0 Å². The van der Waals surface area contributed by atoms with Crippen LogP contribution in [0.1, 0.15) is 39.4 Å². The normalized spacial score (nSPS) is 21.9. The molecule has 5 heteroatoms. The molecule has 1 aliphatic carbocycles. The molecule has 2 fully saturated rings. The number of carbonyl (C=O) groups excluding carboxylic acids is 1. The second kappa shape index (κ2) is 6.18. The van der Waals surface area contributed by atoms with Crippen LogP contribution in [0.2, 0.25) is 0 Å². The van der Waals surface area contributed by atoms with Crippen molar-refractivity contribution < 1.29 is 4.79 Å². The molecular weight excluding hydrogens is 282 g/mol. The van der Waals surface area contributed by atoms with Crippen LogP contribution in [0, 0.1) is 18.8 Å².